The standard InChI is InChI=1S/C15H18F6O5S2/c1-8(2)10-6-5-7-11(9(3)4)12(10)26-28(24,25)15(20,21)13(16,17)14(18,19)27(22)23/h5-9H,1-4H3,(H,22,23). The van der Waals surface area contributed by atoms with E-state index in [-0.39, 0.29) is 11.1 Å². The van der Waals surface area contributed by atoms with Gasteiger partial charge in [-0.25, -0.2) is 4.21 Å². The molecule has 1 rings (SSSR count). The molecule has 0 aliphatic heterocycles. The molecule has 0 spiro atoms. The zero-order chi connectivity index (χ0) is 22.3. The van der Waals surface area contributed by atoms with Crippen LogP contribution in [0, 0.1) is 0 Å². The fourth-order valence-corrected chi connectivity index (χ4v) is 3.55. The molecule has 13 heteroatoms. The molecule has 1 aromatic carbocycles. The number of rotatable bonds is 8. The van der Waals surface area contributed by atoms with Gasteiger partial charge in [0.25, 0.3) is 0 Å². The third kappa shape index (κ3) is 4.01. The summed E-state index contributed by atoms with van der Waals surface area (Å²) in [6.45, 7) is 6.15. The summed E-state index contributed by atoms with van der Waals surface area (Å²) in [5.74, 6) is -8.41. The van der Waals surface area contributed by atoms with Crippen molar-refractivity contribution in [2.24, 2.45) is 0 Å². The maximum absolute atomic E-state index is 14.0. The lowest BCUT2D eigenvalue weighted by Gasteiger charge is -2.30. The third-order valence-electron chi connectivity index (χ3n) is 3.78. The van der Waals surface area contributed by atoms with Crippen LogP contribution in [0.2, 0.25) is 0 Å². The first-order chi connectivity index (χ1) is 12.4. The Bertz CT molecular complexity index is 826. The first-order valence-corrected chi connectivity index (χ1v) is 10.2. The Labute approximate surface area is 160 Å². The SMILES string of the molecule is CC(C)c1cccc(C(C)C)c1OS(=O)(=O)C(F)(F)C(F)(F)C(F)(F)S(=O)O. The van der Waals surface area contributed by atoms with E-state index in [2.05, 4.69) is 4.18 Å². The van der Waals surface area contributed by atoms with E-state index >= 15 is 0 Å². The Morgan fingerprint density at radius 2 is 1.36 bits per heavy atom. The number of alkyl halides is 6. The normalized spacial score (nSPS) is 15.2. The quantitative estimate of drug-likeness (QED) is 0.349. The Morgan fingerprint density at radius 1 is 0.964 bits per heavy atom. The predicted molar refractivity (Wildman–Crippen MR) is 89.8 cm³/mol. The van der Waals surface area contributed by atoms with Crippen LogP contribution in [0.25, 0.3) is 0 Å². The van der Waals surface area contributed by atoms with Crippen LogP contribution in [-0.4, -0.2) is 33.6 Å². The summed E-state index contributed by atoms with van der Waals surface area (Å²) in [6, 6.07) is 4.06. The molecule has 0 saturated carbocycles. The molecule has 1 unspecified atom stereocenters. The molecule has 0 aliphatic carbocycles. The minimum Gasteiger partial charge on any atom is -0.377 e. The van der Waals surface area contributed by atoms with Gasteiger partial charge in [0.1, 0.15) is 5.75 Å². The summed E-state index contributed by atoms with van der Waals surface area (Å²) in [5, 5.41) is -12.8. The molecule has 1 atom stereocenters. The molecule has 0 fully saturated rings. The maximum Gasteiger partial charge on any atom is 0.450 e. The highest BCUT2D eigenvalue weighted by Gasteiger charge is 2.81. The highest BCUT2D eigenvalue weighted by molar-refractivity contribution is 7.88. The Kier molecular flexibility index (Phi) is 6.90. The van der Waals surface area contributed by atoms with Crippen molar-refractivity contribution < 1.29 is 47.7 Å². The number of para-hydroxylation sites is 1. The lowest BCUT2D eigenvalue weighted by atomic mass is 9.94. The lowest BCUT2D eigenvalue weighted by Crippen LogP contribution is -2.60. The van der Waals surface area contributed by atoms with Gasteiger partial charge in [-0.1, -0.05) is 45.9 Å². The van der Waals surface area contributed by atoms with Gasteiger partial charge in [0.05, 0.1) is 0 Å². The van der Waals surface area contributed by atoms with E-state index in [9.17, 15) is 39.0 Å². The highest BCUT2D eigenvalue weighted by Crippen LogP contribution is 2.50. The largest absolute Gasteiger partial charge is 0.450 e. The molecule has 0 saturated heterocycles. The van der Waals surface area contributed by atoms with Crippen LogP contribution in [0.4, 0.5) is 26.3 Å². The zero-order valence-corrected chi connectivity index (χ0v) is 16.7. The summed E-state index contributed by atoms with van der Waals surface area (Å²) < 4.78 is 128. The molecule has 1 aromatic rings. The Balaban J connectivity index is 3.61. The topological polar surface area (TPSA) is 80.7 Å². The highest BCUT2D eigenvalue weighted by atomic mass is 32.2. The van der Waals surface area contributed by atoms with E-state index in [0.29, 0.717) is 0 Å². The van der Waals surface area contributed by atoms with Crippen LogP contribution in [-0.2, 0) is 21.2 Å². The van der Waals surface area contributed by atoms with E-state index in [4.69, 9.17) is 4.55 Å². The van der Waals surface area contributed by atoms with Crippen LogP contribution in [0.5, 0.6) is 5.75 Å². The number of halogens is 6. The average Bonchev–Trinajstić information content (AvgIpc) is 2.53. The molecule has 0 bridgehead atoms. The molecule has 0 aromatic heterocycles. The van der Waals surface area contributed by atoms with Crippen LogP contribution in [0.15, 0.2) is 18.2 Å². The van der Waals surface area contributed by atoms with Gasteiger partial charge in [0.2, 0.25) is 11.1 Å². The molecule has 1 N–H and O–H groups in total. The second-order valence-electron chi connectivity index (χ2n) is 6.47. The number of hydrogen-bond donors (Lipinski definition) is 1. The summed E-state index contributed by atoms with van der Waals surface area (Å²) in [5.41, 5.74) is 0.123. The van der Waals surface area contributed by atoms with E-state index in [1.54, 1.807) is 0 Å². The first kappa shape index (κ1) is 24.7. The monoisotopic (exact) mass is 456 g/mol. The van der Waals surface area contributed by atoms with Gasteiger partial charge in [-0.05, 0) is 23.0 Å². The molecule has 0 aliphatic rings. The van der Waals surface area contributed by atoms with Gasteiger partial charge in [-0.2, -0.15) is 34.8 Å². The molecule has 0 radical (unpaired) electrons. The van der Waals surface area contributed by atoms with E-state index < -0.39 is 55.2 Å². The van der Waals surface area contributed by atoms with Crippen LogP contribution < -0.4 is 4.18 Å². The molecule has 28 heavy (non-hydrogen) atoms. The lowest BCUT2D eigenvalue weighted by molar-refractivity contribution is -0.245. The van der Waals surface area contributed by atoms with Crippen molar-refractivity contribution in [2.45, 2.75) is 56.0 Å². The number of benzene rings is 1. The van der Waals surface area contributed by atoms with E-state index in [0.717, 1.165) is 0 Å². The number of hydrogen-bond acceptors (Lipinski definition) is 4. The van der Waals surface area contributed by atoms with Crippen molar-refractivity contribution in [3.63, 3.8) is 0 Å². The van der Waals surface area contributed by atoms with Crippen molar-refractivity contribution in [1.82, 2.24) is 0 Å². The van der Waals surface area contributed by atoms with Gasteiger partial charge in [0.15, 0.2) is 0 Å². The van der Waals surface area contributed by atoms with Crippen molar-refractivity contribution in [3.05, 3.63) is 29.3 Å². The molecule has 162 valence electrons. The molecular weight excluding hydrogens is 438 g/mol. The van der Waals surface area contributed by atoms with Gasteiger partial charge in [-0.3, -0.25) is 0 Å². The third-order valence-corrected chi connectivity index (χ3v) is 5.74. The zero-order valence-electron chi connectivity index (χ0n) is 15.1. The molecule has 5 nitrogen and oxygen atoms in total. The summed E-state index contributed by atoms with van der Waals surface area (Å²) >= 11 is -4.78. The Hall–Kier alpha value is -1.34. The van der Waals surface area contributed by atoms with Crippen LogP contribution in [0.1, 0.15) is 50.7 Å². The van der Waals surface area contributed by atoms with Gasteiger partial charge in [-0.15, -0.1) is 0 Å². The van der Waals surface area contributed by atoms with Gasteiger partial charge >= 0.3 is 26.5 Å². The maximum atomic E-state index is 14.0. The minimum atomic E-state index is -6.73. The molecule has 0 amide bonds. The second kappa shape index (κ2) is 7.82. The Morgan fingerprint density at radius 3 is 1.68 bits per heavy atom. The molecule has 0 heterocycles. The van der Waals surface area contributed by atoms with Crippen molar-refractivity contribution in [1.29, 1.82) is 0 Å². The second-order valence-corrected chi connectivity index (χ2v) is 9.07. The van der Waals surface area contributed by atoms with Gasteiger partial charge < -0.3 is 8.74 Å². The van der Waals surface area contributed by atoms with Gasteiger partial charge in [0, 0.05) is 0 Å². The minimum absolute atomic E-state index is 0.0615. The van der Waals surface area contributed by atoms with E-state index in [1.165, 1.54) is 45.9 Å². The average molecular weight is 456 g/mol. The van der Waals surface area contributed by atoms with Crippen LogP contribution in [0.3, 0.4) is 0 Å². The van der Waals surface area contributed by atoms with Crippen molar-refractivity contribution >= 4 is 21.2 Å². The summed E-state index contributed by atoms with van der Waals surface area (Å²) in [6.07, 6.45) is 0. The van der Waals surface area contributed by atoms with Crippen molar-refractivity contribution in [3.8, 4) is 5.75 Å². The van der Waals surface area contributed by atoms with E-state index in [1.807, 2.05) is 0 Å². The molecular formula is C15H18F6O5S2. The first-order valence-electron chi connectivity index (χ1n) is 7.73. The summed E-state index contributed by atoms with van der Waals surface area (Å²) in [7, 11) is -6.71. The fraction of sp³-hybridized carbons (Fsp3) is 0.600. The smallest absolute Gasteiger partial charge is 0.377 e. The van der Waals surface area contributed by atoms with Crippen molar-refractivity contribution in [2.75, 3.05) is 0 Å². The van der Waals surface area contributed by atoms with Crippen LogP contribution >= 0.6 is 0 Å². The summed E-state index contributed by atoms with van der Waals surface area (Å²) in [4.78, 5) is 0. The fourth-order valence-electron chi connectivity index (χ4n) is 2.18. The predicted octanol–water partition coefficient (Wildman–Crippen LogP) is 4.68.